The Morgan fingerprint density at radius 3 is 1.85 bits per heavy atom. The Bertz CT molecular complexity index is 479. The van der Waals surface area contributed by atoms with Crippen LogP contribution in [0.4, 0.5) is 0 Å². The van der Waals surface area contributed by atoms with Crippen LogP contribution in [0.25, 0.3) is 0 Å². The Morgan fingerprint density at radius 1 is 0.731 bits per heavy atom. The average Bonchev–Trinajstić information content (AvgIpc) is 2.67. The molecule has 1 aromatic rings. The normalized spacial score (nSPS) is 10.7. The largest absolute Gasteiger partial charge is 0.491 e. The maximum atomic E-state index is 11.2. The van der Waals surface area contributed by atoms with Crippen LogP contribution < -0.4 is 9.47 Å². The zero-order chi connectivity index (χ0) is 18.9. The Balaban J connectivity index is 2.25. The number of hydrogen-bond donors (Lipinski definition) is 0. The van der Waals surface area contributed by atoms with Crippen molar-refractivity contribution in [3.63, 3.8) is 0 Å². The first-order chi connectivity index (χ1) is 12.8. The third-order valence-corrected chi connectivity index (χ3v) is 3.24. The minimum absolute atomic E-state index is 0.362. The minimum Gasteiger partial charge on any atom is -0.491 e. The van der Waals surface area contributed by atoms with Gasteiger partial charge >= 0.3 is 0 Å². The molecule has 7 nitrogen and oxygen atoms in total. The van der Waals surface area contributed by atoms with Gasteiger partial charge in [0, 0.05) is 13.2 Å². The molecule has 0 radical (unpaired) electrons. The van der Waals surface area contributed by atoms with E-state index in [-0.39, 0.29) is 0 Å². The van der Waals surface area contributed by atoms with E-state index in [4.69, 9.17) is 28.4 Å². The van der Waals surface area contributed by atoms with Crippen molar-refractivity contribution >= 4 is 6.29 Å². The van der Waals surface area contributed by atoms with Crippen LogP contribution in [-0.4, -0.2) is 72.4 Å². The van der Waals surface area contributed by atoms with Gasteiger partial charge in [0.05, 0.1) is 45.2 Å². The molecule has 0 spiro atoms. The predicted molar refractivity (Wildman–Crippen MR) is 97.4 cm³/mol. The van der Waals surface area contributed by atoms with E-state index in [2.05, 4.69) is 0 Å². The zero-order valence-corrected chi connectivity index (χ0v) is 15.7. The van der Waals surface area contributed by atoms with Crippen LogP contribution in [0, 0.1) is 0 Å². The number of carbonyl (C=O) groups excluding carboxylic acids is 1. The van der Waals surface area contributed by atoms with Crippen LogP contribution in [0.3, 0.4) is 0 Å². The van der Waals surface area contributed by atoms with Gasteiger partial charge < -0.3 is 28.4 Å². The number of ether oxygens (including phenoxy) is 6. The van der Waals surface area contributed by atoms with Crippen molar-refractivity contribution in [3.8, 4) is 11.5 Å². The fourth-order valence-corrected chi connectivity index (χ4v) is 2.00. The van der Waals surface area contributed by atoms with Crippen molar-refractivity contribution in [3.05, 3.63) is 23.8 Å². The van der Waals surface area contributed by atoms with Gasteiger partial charge in [-0.2, -0.15) is 0 Å². The molecule has 0 aliphatic heterocycles. The molecule has 1 aromatic carbocycles. The molecule has 1 rings (SSSR count). The highest BCUT2D eigenvalue weighted by Gasteiger charge is 2.06. The molecular formula is C19H30O7. The smallest absolute Gasteiger partial charge is 0.153 e. The molecular weight excluding hydrogens is 340 g/mol. The first kappa shape index (κ1) is 22.4. The zero-order valence-electron chi connectivity index (χ0n) is 15.7. The van der Waals surface area contributed by atoms with Crippen LogP contribution in [0.2, 0.25) is 0 Å². The van der Waals surface area contributed by atoms with Gasteiger partial charge in [0.15, 0.2) is 6.29 Å². The molecule has 0 N–H and O–H groups in total. The fraction of sp³-hybridized carbons (Fsp3) is 0.632. The summed E-state index contributed by atoms with van der Waals surface area (Å²) in [6.45, 7) is 9.10. The number of carbonyl (C=O) groups is 1. The number of hydrogen-bond acceptors (Lipinski definition) is 7. The lowest BCUT2D eigenvalue weighted by molar-refractivity contribution is 0.0399. The minimum atomic E-state index is 0.362. The van der Waals surface area contributed by atoms with Gasteiger partial charge in [0.2, 0.25) is 0 Å². The third kappa shape index (κ3) is 10.4. The van der Waals surface area contributed by atoms with Crippen molar-refractivity contribution in [2.24, 2.45) is 0 Å². The summed E-state index contributed by atoms with van der Waals surface area (Å²) in [5, 5.41) is 0. The summed E-state index contributed by atoms with van der Waals surface area (Å²) in [6, 6.07) is 5.13. The number of benzene rings is 1. The van der Waals surface area contributed by atoms with Crippen molar-refractivity contribution < 1.29 is 33.2 Å². The highest BCUT2D eigenvalue weighted by atomic mass is 16.5. The summed E-state index contributed by atoms with van der Waals surface area (Å²) in [4.78, 5) is 11.2. The molecule has 0 bridgehead atoms. The highest BCUT2D eigenvalue weighted by Crippen LogP contribution is 2.22. The first-order valence-corrected chi connectivity index (χ1v) is 8.97. The van der Waals surface area contributed by atoms with Crippen LogP contribution >= 0.6 is 0 Å². The Labute approximate surface area is 155 Å². The molecule has 0 aliphatic carbocycles. The first-order valence-electron chi connectivity index (χ1n) is 8.97. The van der Waals surface area contributed by atoms with E-state index in [0.29, 0.717) is 83.1 Å². The van der Waals surface area contributed by atoms with Crippen LogP contribution in [0.15, 0.2) is 18.2 Å². The standard InChI is InChI=1S/C19H30O7/c1-3-21-7-9-23-11-13-25-18-5-6-19(17(15-18)16-20)26-14-12-24-10-8-22-4-2/h5-6,15-16H,3-4,7-14H2,1-2H3. The van der Waals surface area contributed by atoms with E-state index in [9.17, 15) is 4.79 Å². The molecule has 0 fully saturated rings. The summed E-state index contributed by atoms with van der Waals surface area (Å²) in [7, 11) is 0. The second-order valence-corrected chi connectivity index (χ2v) is 5.13. The average molecular weight is 370 g/mol. The summed E-state index contributed by atoms with van der Waals surface area (Å²) in [5.74, 6) is 1.11. The van der Waals surface area contributed by atoms with Gasteiger partial charge in [-0.15, -0.1) is 0 Å². The third-order valence-electron chi connectivity index (χ3n) is 3.24. The van der Waals surface area contributed by atoms with Gasteiger partial charge in [-0.1, -0.05) is 0 Å². The molecule has 0 aliphatic rings. The van der Waals surface area contributed by atoms with E-state index in [1.54, 1.807) is 18.2 Å². The SMILES string of the molecule is CCOCCOCCOc1ccc(OCCOCCOCC)c(C=O)c1. The van der Waals surface area contributed by atoms with Crippen LogP contribution in [-0.2, 0) is 18.9 Å². The van der Waals surface area contributed by atoms with Crippen LogP contribution in [0.5, 0.6) is 11.5 Å². The molecule has 0 saturated heterocycles. The lowest BCUT2D eigenvalue weighted by atomic mass is 10.2. The molecule has 0 aromatic heterocycles. The van der Waals surface area contributed by atoms with Crippen molar-refractivity contribution in [1.29, 1.82) is 0 Å². The van der Waals surface area contributed by atoms with Gasteiger partial charge in [-0.25, -0.2) is 0 Å². The molecule has 0 saturated carbocycles. The number of aldehydes is 1. The van der Waals surface area contributed by atoms with Gasteiger partial charge in [-0.05, 0) is 32.0 Å². The Kier molecular flexibility index (Phi) is 13.4. The van der Waals surface area contributed by atoms with Crippen molar-refractivity contribution in [2.45, 2.75) is 13.8 Å². The molecule has 148 valence electrons. The van der Waals surface area contributed by atoms with E-state index < -0.39 is 0 Å². The Morgan fingerprint density at radius 2 is 1.27 bits per heavy atom. The fourth-order valence-electron chi connectivity index (χ4n) is 2.00. The van der Waals surface area contributed by atoms with Gasteiger partial charge in [-0.3, -0.25) is 4.79 Å². The van der Waals surface area contributed by atoms with Crippen molar-refractivity contribution in [2.75, 3.05) is 66.1 Å². The van der Waals surface area contributed by atoms with E-state index >= 15 is 0 Å². The molecule has 26 heavy (non-hydrogen) atoms. The molecule has 0 unspecified atom stereocenters. The molecule has 7 heteroatoms. The summed E-state index contributed by atoms with van der Waals surface area (Å²) in [5.41, 5.74) is 0.439. The molecule has 0 amide bonds. The summed E-state index contributed by atoms with van der Waals surface area (Å²) < 4.78 is 32.2. The lowest BCUT2D eigenvalue weighted by Crippen LogP contribution is -2.12. The molecule has 0 heterocycles. The number of rotatable bonds is 17. The van der Waals surface area contributed by atoms with Crippen LogP contribution in [0.1, 0.15) is 24.2 Å². The Hall–Kier alpha value is -1.67. The topological polar surface area (TPSA) is 72.5 Å². The van der Waals surface area contributed by atoms with Gasteiger partial charge in [0.1, 0.15) is 24.7 Å². The summed E-state index contributed by atoms with van der Waals surface area (Å²) in [6.07, 6.45) is 0.747. The highest BCUT2D eigenvalue weighted by molar-refractivity contribution is 5.80. The quantitative estimate of drug-likeness (QED) is 0.308. The lowest BCUT2D eigenvalue weighted by Gasteiger charge is -2.11. The summed E-state index contributed by atoms with van der Waals surface area (Å²) >= 11 is 0. The van der Waals surface area contributed by atoms with Gasteiger partial charge in [0.25, 0.3) is 0 Å². The monoisotopic (exact) mass is 370 g/mol. The predicted octanol–water partition coefficient (Wildman–Crippen LogP) is 2.36. The van der Waals surface area contributed by atoms with E-state index in [1.807, 2.05) is 13.8 Å². The van der Waals surface area contributed by atoms with Crippen molar-refractivity contribution in [1.82, 2.24) is 0 Å². The maximum absolute atomic E-state index is 11.2. The van der Waals surface area contributed by atoms with E-state index in [0.717, 1.165) is 6.29 Å². The van der Waals surface area contributed by atoms with E-state index in [1.165, 1.54) is 0 Å². The second-order valence-electron chi connectivity index (χ2n) is 5.13. The maximum Gasteiger partial charge on any atom is 0.153 e. The molecule has 0 atom stereocenters. The second kappa shape index (κ2) is 15.6.